The first-order valence-electron chi connectivity index (χ1n) is 6.17. The Kier molecular flexibility index (Phi) is 4.37. The van der Waals surface area contributed by atoms with Crippen LogP contribution in [0.4, 0.5) is 0 Å². The number of halogens is 1. The topological polar surface area (TPSA) is 81.8 Å². The van der Waals surface area contributed by atoms with E-state index in [-0.39, 0.29) is 5.76 Å². The molecule has 0 fully saturated rings. The molecule has 1 heterocycles. The maximum atomic E-state index is 10.9. The van der Waals surface area contributed by atoms with Gasteiger partial charge >= 0.3 is 5.97 Å². The van der Waals surface area contributed by atoms with Crippen LogP contribution in [0.3, 0.4) is 0 Å². The van der Waals surface area contributed by atoms with Crippen LogP contribution >= 0.6 is 11.6 Å². The molecule has 6 nitrogen and oxygen atoms in total. The number of nitrogens with zero attached hydrogens (tertiary/aromatic N) is 1. The number of aromatic nitrogens is 1. The Balaban J connectivity index is 2.67. The lowest BCUT2D eigenvalue weighted by atomic mass is 10.00. The Bertz CT molecular complexity index is 680. The smallest absolute Gasteiger partial charge is 0.374 e. The molecular weight excluding hydrogens is 298 g/mol. The monoisotopic (exact) mass is 311 g/mol. The van der Waals surface area contributed by atoms with Crippen molar-refractivity contribution in [2.24, 2.45) is 0 Å². The summed E-state index contributed by atoms with van der Waals surface area (Å²) in [6.45, 7) is 1.94. The van der Waals surface area contributed by atoms with Crippen molar-refractivity contribution in [3.8, 4) is 22.8 Å². The minimum absolute atomic E-state index is 0.238. The van der Waals surface area contributed by atoms with Crippen LogP contribution in [0, 0.1) is 0 Å². The minimum Gasteiger partial charge on any atom is -0.492 e. The number of hydrogen-bond donors (Lipinski definition) is 1. The third-order valence-electron chi connectivity index (χ3n) is 3.05. The van der Waals surface area contributed by atoms with Crippen molar-refractivity contribution in [2.75, 3.05) is 14.2 Å². The van der Waals surface area contributed by atoms with Crippen LogP contribution in [-0.2, 0) is 6.42 Å². The number of aromatic carboxylic acids is 1. The molecule has 0 aliphatic rings. The average molecular weight is 312 g/mol. The van der Waals surface area contributed by atoms with Crippen molar-refractivity contribution in [3.05, 3.63) is 28.5 Å². The highest BCUT2D eigenvalue weighted by Crippen LogP contribution is 2.43. The first kappa shape index (κ1) is 15.2. The van der Waals surface area contributed by atoms with Crippen molar-refractivity contribution in [2.45, 2.75) is 13.3 Å². The lowest BCUT2D eigenvalue weighted by Gasteiger charge is -2.16. The number of hydrogen-bond acceptors (Lipinski definition) is 5. The van der Waals surface area contributed by atoms with Gasteiger partial charge in [0, 0.05) is 17.2 Å². The van der Waals surface area contributed by atoms with Gasteiger partial charge in [-0.3, -0.25) is 0 Å². The highest BCUT2D eigenvalue weighted by Gasteiger charge is 2.21. The van der Waals surface area contributed by atoms with Crippen LogP contribution in [0.2, 0.25) is 5.02 Å². The fourth-order valence-electron chi connectivity index (χ4n) is 2.14. The average Bonchev–Trinajstić information content (AvgIpc) is 2.95. The molecule has 2 aromatic rings. The van der Waals surface area contributed by atoms with E-state index in [4.69, 9.17) is 30.7 Å². The molecule has 0 aliphatic heterocycles. The van der Waals surface area contributed by atoms with Gasteiger partial charge in [-0.15, -0.1) is 0 Å². The summed E-state index contributed by atoms with van der Waals surface area (Å²) in [5, 5.41) is 13.0. The van der Waals surface area contributed by atoms with E-state index in [1.54, 1.807) is 6.07 Å². The number of carbonyl (C=O) groups is 1. The van der Waals surface area contributed by atoms with Crippen molar-refractivity contribution in [1.82, 2.24) is 5.16 Å². The maximum absolute atomic E-state index is 10.9. The Hall–Kier alpha value is -2.21. The van der Waals surface area contributed by atoms with Gasteiger partial charge in [-0.05, 0) is 12.5 Å². The van der Waals surface area contributed by atoms with Gasteiger partial charge in [0.15, 0.2) is 11.5 Å². The minimum atomic E-state index is -1.18. The quantitative estimate of drug-likeness (QED) is 0.912. The molecule has 0 bridgehead atoms. The summed E-state index contributed by atoms with van der Waals surface area (Å²) in [5.74, 6) is -0.486. The first-order chi connectivity index (χ1) is 10.0. The molecular formula is C14H14ClNO5. The summed E-state index contributed by atoms with van der Waals surface area (Å²) in [6.07, 6.45) is 0.626. The largest absolute Gasteiger partial charge is 0.492 e. The summed E-state index contributed by atoms with van der Waals surface area (Å²) in [6, 6.07) is 3.00. The fourth-order valence-corrected chi connectivity index (χ4v) is 2.41. The molecule has 0 saturated carbocycles. The zero-order valence-corrected chi connectivity index (χ0v) is 12.5. The molecule has 2 rings (SSSR count). The predicted molar refractivity (Wildman–Crippen MR) is 76.4 cm³/mol. The lowest BCUT2D eigenvalue weighted by molar-refractivity contribution is 0.0652. The zero-order chi connectivity index (χ0) is 15.6. The second kappa shape index (κ2) is 6.05. The van der Waals surface area contributed by atoms with Crippen molar-refractivity contribution < 1.29 is 23.9 Å². The van der Waals surface area contributed by atoms with E-state index in [0.29, 0.717) is 34.2 Å². The second-order valence-corrected chi connectivity index (χ2v) is 4.59. The van der Waals surface area contributed by atoms with E-state index < -0.39 is 5.97 Å². The van der Waals surface area contributed by atoms with Crippen LogP contribution in [0.15, 0.2) is 16.7 Å². The third kappa shape index (κ3) is 2.67. The number of ether oxygens (including phenoxy) is 2. The van der Waals surface area contributed by atoms with Crippen LogP contribution in [0.1, 0.15) is 23.0 Å². The van der Waals surface area contributed by atoms with Gasteiger partial charge in [0.25, 0.3) is 0 Å². The Morgan fingerprint density at radius 1 is 1.33 bits per heavy atom. The predicted octanol–water partition coefficient (Wildman–Crippen LogP) is 3.27. The van der Waals surface area contributed by atoms with Crippen LogP contribution in [-0.4, -0.2) is 30.5 Å². The Morgan fingerprint density at radius 2 is 2.00 bits per heavy atom. The van der Waals surface area contributed by atoms with E-state index in [0.717, 1.165) is 5.56 Å². The van der Waals surface area contributed by atoms with Crippen molar-refractivity contribution >= 4 is 17.6 Å². The molecule has 0 radical (unpaired) electrons. The van der Waals surface area contributed by atoms with E-state index >= 15 is 0 Å². The molecule has 112 valence electrons. The van der Waals surface area contributed by atoms with E-state index in [9.17, 15) is 4.79 Å². The molecule has 1 N–H and O–H groups in total. The zero-order valence-electron chi connectivity index (χ0n) is 11.8. The Labute approximate surface area is 126 Å². The Morgan fingerprint density at radius 3 is 2.48 bits per heavy atom. The second-order valence-electron chi connectivity index (χ2n) is 4.19. The van der Waals surface area contributed by atoms with Gasteiger partial charge in [0.2, 0.25) is 5.76 Å². The SMILES string of the molecule is CCc1c(-c2cc(C(=O)O)on2)cc(Cl)c(OC)c1OC. The van der Waals surface area contributed by atoms with Crippen LogP contribution < -0.4 is 9.47 Å². The number of carboxylic acids is 1. The van der Waals surface area contributed by atoms with E-state index in [2.05, 4.69) is 5.16 Å². The summed E-state index contributed by atoms with van der Waals surface area (Å²) in [4.78, 5) is 10.9. The summed E-state index contributed by atoms with van der Waals surface area (Å²) in [5.41, 5.74) is 1.84. The van der Waals surface area contributed by atoms with E-state index in [1.807, 2.05) is 6.92 Å². The highest BCUT2D eigenvalue weighted by atomic mass is 35.5. The van der Waals surface area contributed by atoms with Gasteiger partial charge < -0.3 is 19.1 Å². The molecule has 0 amide bonds. The van der Waals surface area contributed by atoms with Crippen molar-refractivity contribution in [3.63, 3.8) is 0 Å². The number of rotatable bonds is 5. The highest BCUT2D eigenvalue weighted by molar-refractivity contribution is 6.32. The van der Waals surface area contributed by atoms with Gasteiger partial charge in [-0.1, -0.05) is 23.7 Å². The third-order valence-corrected chi connectivity index (χ3v) is 3.33. The summed E-state index contributed by atoms with van der Waals surface area (Å²) in [7, 11) is 3.02. The van der Waals surface area contributed by atoms with Crippen molar-refractivity contribution in [1.29, 1.82) is 0 Å². The molecule has 0 spiro atoms. The number of methoxy groups -OCH3 is 2. The van der Waals surface area contributed by atoms with Crippen LogP contribution in [0.5, 0.6) is 11.5 Å². The normalized spacial score (nSPS) is 10.5. The molecule has 1 aromatic heterocycles. The van der Waals surface area contributed by atoms with E-state index in [1.165, 1.54) is 20.3 Å². The molecule has 21 heavy (non-hydrogen) atoms. The number of carboxylic acid groups (broad SMARTS) is 1. The summed E-state index contributed by atoms with van der Waals surface area (Å²) < 4.78 is 15.4. The van der Waals surface area contributed by atoms with Gasteiger partial charge in [-0.25, -0.2) is 4.79 Å². The number of benzene rings is 1. The molecule has 0 saturated heterocycles. The lowest BCUT2D eigenvalue weighted by Crippen LogP contribution is -1.99. The van der Waals surface area contributed by atoms with Gasteiger partial charge in [-0.2, -0.15) is 0 Å². The standard InChI is InChI=1S/C14H14ClNO5/c1-4-7-8(10-6-11(14(17)18)21-16-10)5-9(15)13(20-3)12(7)19-2/h5-6H,4H2,1-3H3,(H,17,18). The molecule has 0 aliphatic carbocycles. The molecule has 1 aromatic carbocycles. The van der Waals surface area contributed by atoms with Gasteiger partial charge in [0.1, 0.15) is 5.69 Å². The van der Waals surface area contributed by atoms with Crippen LogP contribution in [0.25, 0.3) is 11.3 Å². The fraction of sp³-hybridized carbons (Fsp3) is 0.286. The maximum Gasteiger partial charge on any atom is 0.374 e. The van der Waals surface area contributed by atoms with Gasteiger partial charge in [0.05, 0.1) is 19.2 Å². The first-order valence-corrected chi connectivity index (χ1v) is 6.55. The molecule has 0 unspecified atom stereocenters. The molecule has 7 heteroatoms. The summed E-state index contributed by atoms with van der Waals surface area (Å²) >= 11 is 6.18. The molecule has 0 atom stereocenters.